The van der Waals surface area contributed by atoms with Crippen molar-refractivity contribution in [3.63, 3.8) is 0 Å². The van der Waals surface area contributed by atoms with Crippen molar-refractivity contribution in [2.45, 2.75) is 37.8 Å². The molecule has 0 radical (unpaired) electrons. The Morgan fingerprint density at radius 1 is 1.32 bits per heavy atom. The van der Waals surface area contributed by atoms with Crippen LogP contribution in [-0.2, 0) is 0 Å². The normalized spacial score (nSPS) is 19.6. The summed E-state index contributed by atoms with van der Waals surface area (Å²) in [6.45, 7) is 1.01. The Labute approximate surface area is 113 Å². The molecule has 1 aromatic heterocycles. The first-order valence-electron chi connectivity index (χ1n) is 5.76. The Hall–Kier alpha value is -1.31. The first-order valence-corrected chi connectivity index (χ1v) is 6.14. The maximum absolute atomic E-state index is 12.7. The summed E-state index contributed by atoms with van der Waals surface area (Å²) in [4.78, 5) is 11.5. The van der Waals surface area contributed by atoms with Crippen LogP contribution >= 0.6 is 11.6 Å². The average molecular weight is 296 g/mol. The molecule has 19 heavy (non-hydrogen) atoms. The molecule has 5 nitrogen and oxygen atoms in total. The number of anilines is 2. The lowest BCUT2D eigenvalue weighted by molar-refractivity contribution is -0.0794. The molecule has 1 atom stereocenters. The fourth-order valence-electron chi connectivity index (χ4n) is 1.68. The molecule has 1 heterocycles. The van der Waals surface area contributed by atoms with Gasteiger partial charge in [-0.05, 0) is 18.5 Å². The molecule has 0 aromatic carbocycles. The number of hydrogen-bond donors (Lipinski definition) is 2. The zero-order valence-electron chi connectivity index (χ0n) is 10.1. The summed E-state index contributed by atoms with van der Waals surface area (Å²) in [5.74, 6) is -2.41. The minimum atomic E-state index is -2.63. The van der Waals surface area contributed by atoms with Crippen LogP contribution in [0.5, 0.6) is 0 Å². The summed E-state index contributed by atoms with van der Waals surface area (Å²) in [6.07, 6.45) is -0.528. The molecule has 0 saturated heterocycles. The zero-order valence-corrected chi connectivity index (χ0v) is 10.9. The van der Waals surface area contributed by atoms with Gasteiger partial charge in [-0.1, -0.05) is 0 Å². The van der Waals surface area contributed by atoms with Crippen molar-refractivity contribution in [3.05, 3.63) is 5.28 Å². The molecule has 0 amide bonds. The standard InChI is InChI=1S/C10H13ClF3N5/c1-5(4-12)15-8-17-7(11)18-9(19-8)16-6-2-10(13,14)3-6/h5-6H,2-4H2,1H3,(H2,15,16,17,18,19)/t5-/m1/s1. The number of alkyl halides is 3. The maximum Gasteiger partial charge on any atom is 0.252 e. The third-order valence-corrected chi connectivity index (χ3v) is 2.81. The molecule has 1 aliphatic carbocycles. The molecule has 2 rings (SSSR count). The van der Waals surface area contributed by atoms with E-state index in [0.29, 0.717) is 0 Å². The van der Waals surface area contributed by atoms with E-state index in [1.807, 2.05) is 0 Å². The number of hydrogen-bond acceptors (Lipinski definition) is 5. The van der Waals surface area contributed by atoms with Gasteiger partial charge >= 0.3 is 0 Å². The van der Waals surface area contributed by atoms with Crippen molar-refractivity contribution in [2.75, 3.05) is 17.3 Å². The van der Waals surface area contributed by atoms with Crippen molar-refractivity contribution in [2.24, 2.45) is 0 Å². The number of aromatic nitrogens is 3. The van der Waals surface area contributed by atoms with Crippen LogP contribution in [0.15, 0.2) is 0 Å². The largest absolute Gasteiger partial charge is 0.351 e. The van der Waals surface area contributed by atoms with Gasteiger partial charge < -0.3 is 10.6 Å². The van der Waals surface area contributed by atoms with Crippen molar-refractivity contribution in [3.8, 4) is 0 Å². The second-order valence-corrected chi connectivity index (χ2v) is 4.89. The third-order valence-electron chi connectivity index (χ3n) is 2.64. The number of nitrogens with one attached hydrogen (secondary N) is 2. The lowest BCUT2D eigenvalue weighted by Gasteiger charge is -2.35. The minimum Gasteiger partial charge on any atom is -0.351 e. The summed E-state index contributed by atoms with van der Waals surface area (Å²) < 4.78 is 37.8. The van der Waals surface area contributed by atoms with Gasteiger partial charge in [0.1, 0.15) is 6.67 Å². The van der Waals surface area contributed by atoms with E-state index in [9.17, 15) is 13.2 Å². The lowest BCUT2D eigenvalue weighted by atomic mass is 9.88. The van der Waals surface area contributed by atoms with E-state index >= 15 is 0 Å². The number of halogens is 4. The van der Waals surface area contributed by atoms with E-state index in [1.165, 1.54) is 0 Å². The molecule has 1 aromatic rings. The van der Waals surface area contributed by atoms with Crippen molar-refractivity contribution in [1.29, 1.82) is 0 Å². The van der Waals surface area contributed by atoms with Gasteiger partial charge in [-0.2, -0.15) is 15.0 Å². The molecule has 0 bridgehead atoms. The topological polar surface area (TPSA) is 62.7 Å². The summed E-state index contributed by atoms with van der Waals surface area (Å²) >= 11 is 5.69. The van der Waals surface area contributed by atoms with Gasteiger partial charge in [-0.15, -0.1) is 0 Å². The fraction of sp³-hybridized carbons (Fsp3) is 0.700. The van der Waals surface area contributed by atoms with Crippen molar-refractivity contribution in [1.82, 2.24) is 15.0 Å². The molecule has 0 spiro atoms. The highest BCUT2D eigenvalue weighted by molar-refractivity contribution is 6.28. The van der Waals surface area contributed by atoms with Crippen LogP contribution < -0.4 is 10.6 Å². The predicted octanol–water partition coefficient (Wildman–Crippen LogP) is 2.50. The van der Waals surface area contributed by atoms with Gasteiger partial charge in [0.25, 0.3) is 5.92 Å². The zero-order chi connectivity index (χ0) is 14.0. The number of nitrogens with zero attached hydrogens (tertiary/aromatic N) is 3. The van der Waals surface area contributed by atoms with E-state index in [1.54, 1.807) is 6.92 Å². The molecule has 1 fully saturated rings. The van der Waals surface area contributed by atoms with Crippen LogP contribution in [0.3, 0.4) is 0 Å². The first kappa shape index (κ1) is 14.1. The van der Waals surface area contributed by atoms with Gasteiger partial charge in [-0.25, -0.2) is 13.2 Å². The van der Waals surface area contributed by atoms with Gasteiger partial charge in [0.05, 0.1) is 6.04 Å². The second-order valence-electron chi connectivity index (χ2n) is 4.56. The van der Waals surface area contributed by atoms with E-state index in [4.69, 9.17) is 11.6 Å². The van der Waals surface area contributed by atoms with Crippen LogP contribution in [0.1, 0.15) is 19.8 Å². The summed E-state index contributed by atoms with van der Waals surface area (Å²) in [5.41, 5.74) is 0. The van der Waals surface area contributed by atoms with Gasteiger partial charge in [0.2, 0.25) is 17.2 Å². The highest BCUT2D eigenvalue weighted by atomic mass is 35.5. The summed E-state index contributed by atoms with van der Waals surface area (Å²) in [6, 6.07) is -0.862. The van der Waals surface area contributed by atoms with E-state index in [-0.39, 0.29) is 36.1 Å². The Morgan fingerprint density at radius 2 is 1.95 bits per heavy atom. The molecule has 1 saturated carbocycles. The highest BCUT2D eigenvalue weighted by Crippen LogP contribution is 2.38. The SMILES string of the molecule is C[C@H](CF)Nc1nc(Cl)nc(NC2CC(F)(F)C2)n1. The van der Waals surface area contributed by atoms with Crippen LogP contribution in [0, 0.1) is 0 Å². The summed E-state index contributed by atoms with van der Waals surface area (Å²) in [7, 11) is 0. The van der Waals surface area contributed by atoms with E-state index < -0.39 is 18.6 Å². The Kier molecular flexibility index (Phi) is 3.98. The monoisotopic (exact) mass is 295 g/mol. The Balaban J connectivity index is 2.01. The molecule has 106 valence electrons. The van der Waals surface area contributed by atoms with Crippen LogP contribution in [0.2, 0.25) is 5.28 Å². The van der Waals surface area contributed by atoms with E-state index in [2.05, 4.69) is 25.6 Å². The molecule has 0 aliphatic heterocycles. The molecule has 1 aliphatic rings. The van der Waals surface area contributed by atoms with Gasteiger partial charge in [0.15, 0.2) is 0 Å². The van der Waals surface area contributed by atoms with Gasteiger partial charge in [0, 0.05) is 18.9 Å². The molecular weight excluding hydrogens is 283 g/mol. The molecule has 0 unspecified atom stereocenters. The van der Waals surface area contributed by atoms with Crippen molar-refractivity contribution < 1.29 is 13.2 Å². The van der Waals surface area contributed by atoms with Crippen molar-refractivity contribution >= 4 is 23.5 Å². The fourth-order valence-corrected chi connectivity index (χ4v) is 1.84. The first-order chi connectivity index (χ1) is 8.88. The number of rotatable bonds is 5. The van der Waals surface area contributed by atoms with Crippen LogP contribution in [0.25, 0.3) is 0 Å². The molecule has 2 N–H and O–H groups in total. The summed E-state index contributed by atoms with van der Waals surface area (Å²) in [5, 5.41) is 5.35. The average Bonchev–Trinajstić information content (AvgIpc) is 2.25. The Bertz CT molecular complexity index is 451. The lowest BCUT2D eigenvalue weighted by Crippen LogP contribution is -2.44. The Morgan fingerprint density at radius 3 is 2.53 bits per heavy atom. The minimum absolute atomic E-state index is 0.0860. The smallest absolute Gasteiger partial charge is 0.252 e. The van der Waals surface area contributed by atoms with Crippen LogP contribution in [0.4, 0.5) is 25.1 Å². The molecular formula is C10H13ClF3N5. The van der Waals surface area contributed by atoms with Crippen LogP contribution in [-0.4, -0.2) is 39.6 Å². The van der Waals surface area contributed by atoms with Gasteiger partial charge in [-0.3, -0.25) is 0 Å². The quantitative estimate of drug-likeness (QED) is 0.874. The molecule has 9 heteroatoms. The third kappa shape index (κ3) is 3.82. The van der Waals surface area contributed by atoms with E-state index in [0.717, 1.165) is 0 Å². The maximum atomic E-state index is 12.7. The highest BCUT2D eigenvalue weighted by Gasteiger charge is 2.45. The second kappa shape index (κ2) is 5.36. The predicted molar refractivity (Wildman–Crippen MR) is 65.5 cm³/mol.